The van der Waals surface area contributed by atoms with Crippen LogP contribution >= 0.6 is 0 Å². The van der Waals surface area contributed by atoms with Crippen LogP contribution in [0.15, 0.2) is 0 Å². The molecule has 0 spiro atoms. The highest BCUT2D eigenvalue weighted by Crippen LogP contribution is 2.14. The number of rotatable bonds is 4. The van der Waals surface area contributed by atoms with E-state index in [9.17, 15) is 9.59 Å². The Hall–Kier alpha value is -0.900. The van der Waals surface area contributed by atoms with Gasteiger partial charge in [-0.2, -0.15) is 0 Å². The third-order valence-corrected chi connectivity index (χ3v) is 3.18. The minimum atomic E-state index is -0.123. The molecule has 1 amide bonds. The molecule has 2 atom stereocenters. The van der Waals surface area contributed by atoms with Gasteiger partial charge in [0.2, 0.25) is 5.91 Å². The average Bonchev–Trinajstić information content (AvgIpc) is 2.28. The van der Waals surface area contributed by atoms with Crippen molar-refractivity contribution < 1.29 is 9.59 Å². The number of hydrogen-bond donors (Lipinski definition) is 1. The fourth-order valence-corrected chi connectivity index (χ4v) is 1.96. The van der Waals surface area contributed by atoms with Crippen molar-refractivity contribution >= 4 is 11.7 Å². The van der Waals surface area contributed by atoms with Crippen molar-refractivity contribution in [3.63, 3.8) is 0 Å². The number of carbonyl (C=O) groups is 2. The third kappa shape index (κ3) is 3.30. The van der Waals surface area contributed by atoms with Crippen molar-refractivity contribution in [1.82, 2.24) is 10.2 Å². The summed E-state index contributed by atoms with van der Waals surface area (Å²) >= 11 is 0. The van der Waals surface area contributed by atoms with Crippen molar-refractivity contribution in [1.29, 1.82) is 0 Å². The first-order valence-electron chi connectivity index (χ1n) is 6.10. The Morgan fingerprint density at radius 3 is 2.88 bits per heavy atom. The minimum absolute atomic E-state index is 0.0650. The second-order valence-corrected chi connectivity index (χ2v) is 4.58. The van der Waals surface area contributed by atoms with E-state index in [1.165, 1.54) is 0 Å². The quantitative estimate of drug-likeness (QED) is 0.772. The molecule has 0 bridgehead atoms. The molecule has 1 aliphatic heterocycles. The van der Waals surface area contributed by atoms with E-state index in [4.69, 9.17) is 0 Å². The number of likely N-dealkylation sites (tertiary alicyclic amines) is 1. The number of hydrogen-bond acceptors (Lipinski definition) is 3. The molecule has 1 aliphatic rings. The van der Waals surface area contributed by atoms with Gasteiger partial charge in [0.1, 0.15) is 5.78 Å². The lowest BCUT2D eigenvalue weighted by atomic mass is 9.97. The van der Waals surface area contributed by atoms with Crippen LogP contribution < -0.4 is 5.32 Å². The predicted molar refractivity (Wildman–Crippen MR) is 63.1 cm³/mol. The number of carbonyl (C=O) groups excluding carboxylic acids is 2. The van der Waals surface area contributed by atoms with E-state index in [-0.39, 0.29) is 17.9 Å². The first-order chi connectivity index (χ1) is 7.56. The molecule has 0 aromatic carbocycles. The van der Waals surface area contributed by atoms with Gasteiger partial charge in [0.05, 0.1) is 6.04 Å². The van der Waals surface area contributed by atoms with Crippen LogP contribution in [-0.2, 0) is 9.59 Å². The highest BCUT2D eigenvalue weighted by atomic mass is 16.2. The maximum Gasteiger partial charge on any atom is 0.237 e. The summed E-state index contributed by atoms with van der Waals surface area (Å²) in [5.74, 6) is 0.455. The van der Waals surface area contributed by atoms with E-state index in [0.29, 0.717) is 25.3 Å². The van der Waals surface area contributed by atoms with E-state index < -0.39 is 0 Å². The Morgan fingerprint density at radius 2 is 2.31 bits per heavy atom. The maximum atomic E-state index is 11.8. The van der Waals surface area contributed by atoms with E-state index >= 15 is 0 Å². The molecule has 0 aromatic rings. The zero-order chi connectivity index (χ0) is 12.1. The fraction of sp³-hybridized carbons (Fsp3) is 0.833. The van der Waals surface area contributed by atoms with Gasteiger partial charge in [-0.05, 0) is 13.3 Å². The van der Waals surface area contributed by atoms with Crippen LogP contribution in [0.4, 0.5) is 0 Å². The molecule has 4 heteroatoms. The van der Waals surface area contributed by atoms with Crippen molar-refractivity contribution in [2.24, 2.45) is 5.92 Å². The molecule has 16 heavy (non-hydrogen) atoms. The first kappa shape index (κ1) is 13.2. The lowest BCUT2D eigenvalue weighted by Gasteiger charge is -2.33. The van der Waals surface area contributed by atoms with Gasteiger partial charge < -0.3 is 5.32 Å². The number of ketones is 1. The molecule has 0 aromatic heterocycles. The molecule has 1 saturated heterocycles. The molecule has 0 aliphatic carbocycles. The fourth-order valence-electron chi connectivity index (χ4n) is 1.96. The van der Waals surface area contributed by atoms with Crippen LogP contribution in [-0.4, -0.2) is 42.3 Å². The largest absolute Gasteiger partial charge is 0.355 e. The molecular weight excluding hydrogens is 204 g/mol. The van der Waals surface area contributed by atoms with Crippen LogP contribution in [0.2, 0.25) is 0 Å². The minimum Gasteiger partial charge on any atom is -0.355 e. The third-order valence-electron chi connectivity index (χ3n) is 3.18. The van der Waals surface area contributed by atoms with Gasteiger partial charge in [0.25, 0.3) is 0 Å². The van der Waals surface area contributed by atoms with Gasteiger partial charge in [-0.3, -0.25) is 14.5 Å². The summed E-state index contributed by atoms with van der Waals surface area (Å²) in [5.41, 5.74) is 0. The van der Waals surface area contributed by atoms with Crippen LogP contribution in [0.3, 0.4) is 0 Å². The number of nitrogens with one attached hydrogen (secondary N) is 1. The summed E-state index contributed by atoms with van der Waals surface area (Å²) in [6, 6.07) is -0.123. The zero-order valence-corrected chi connectivity index (χ0v) is 10.5. The smallest absolute Gasteiger partial charge is 0.237 e. The highest BCUT2D eigenvalue weighted by molar-refractivity contribution is 5.83. The summed E-state index contributed by atoms with van der Waals surface area (Å²) in [6.07, 6.45) is 1.53. The van der Waals surface area contributed by atoms with Crippen molar-refractivity contribution in [3.8, 4) is 0 Å². The number of nitrogens with zero attached hydrogens (tertiary/aromatic N) is 1. The Balaban J connectivity index is 2.44. The standard InChI is InChI=1S/C12H22N2O2/c1-4-6-13-12(16)10(3)14-7-5-11(15)9(2)8-14/h9-10H,4-8H2,1-3H3,(H,13,16). The molecule has 2 unspecified atom stereocenters. The molecule has 0 saturated carbocycles. The Bertz CT molecular complexity index is 266. The Kier molecular flexibility index (Phi) is 4.93. The molecule has 92 valence electrons. The molecule has 0 radical (unpaired) electrons. The van der Waals surface area contributed by atoms with Crippen molar-refractivity contribution in [2.45, 2.75) is 39.7 Å². The van der Waals surface area contributed by atoms with Gasteiger partial charge in [0, 0.05) is 32.0 Å². The van der Waals surface area contributed by atoms with E-state index in [2.05, 4.69) is 10.2 Å². The molecule has 1 heterocycles. The summed E-state index contributed by atoms with van der Waals surface area (Å²) in [6.45, 7) is 8.03. The van der Waals surface area contributed by atoms with Crippen molar-refractivity contribution in [2.75, 3.05) is 19.6 Å². The van der Waals surface area contributed by atoms with Gasteiger partial charge in [-0.25, -0.2) is 0 Å². The van der Waals surface area contributed by atoms with E-state index in [1.54, 1.807) is 0 Å². The number of amides is 1. The highest BCUT2D eigenvalue weighted by Gasteiger charge is 2.29. The molecule has 1 N–H and O–H groups in total. The van der Waals surface area contributed by atoms with Crippen LogP contribution in [0.1, 0.15) is 33.6 Å². The second-order valence-electron chi connectivity index (χ2n) is 4.58. The molecule has 1 rings (SSSR count). The van der Waals surface area contributed by atoms with Gasteiger partial charge in [0.15, 0.2) is 0 Å². The van der Waals surface area contributed by atoms with Gasteiger partial charge in [-0.15, -0.1) is 0 Å². The Morgan fingerprint density at radius 1 is 1.62 bits per heavy atom. The van der Waals surface area contributed by atoms with Gasteiger partial charge >= 0.3 is 0 Å². The lowest BCUT2D eigenvalue weighted by molar-refractivity contribution is -0.131. The van der Waals surface area contributed by atoms with Crippen LogP contribution in [0, 0.1) is 5.92 Å². The normalized spacial score (nSPS) is 24.2. The molecule has 4 nitrogen and oxygen atoms in total. The Labute approximate surface area is 97.4 Å². The SMILES string of the molecule is CCCNC(=O)C(C)N1CCC(=O)C(C)C1. The van der Waals surface area contributed by atoms with E-state index in [0.717, 1.165) is 13.0 Å². The summed E-state index contributed by atoms with van der Waals surface area (Å²) in [5, 5.41) is 2.89. The summed E-state index contributed by atoms with van der Waals surface area (Å²) in [7, 11) is 0. The molecular formula is C12H22N2O2. The van der Waals surface area contributed by atoms with Crippen LogP contribution in [0.5, 0.6) is 0 Å². The van der Waals surface area contributed by atoms with Crippen LogP contribution in [0.25, 0.3) is 0 Å². The van der Waals surface area contributed by atoms with Gasteiger partial charge in [-0.1, -0.05) is 13.8 Å². The number of Topliss-reactive ketones (excluding diaryl/α,β-unsaturated/α-hetero) is 1. The summed E-state index contributed by atoms with van der Waals surface area (Å²) < 4.78 is 0. The monoisotopic (exact) mass is 226 g/mol. The second kappa shape index (κ2) is 5.99. The molecule has 1 fully saturated rings. The topological polar surface area (TPSA) is 49.4 Å². The lowest BCUT2D eigenvalue weighted by Crippen LogP contribution is -2.50. The zero-order valence-electron chi connectivity index (χ0n) is 10.5. The average molecular weight is 226 g/mol. The summed E-state index contributed by atoms with van der Waals surface area (Å²) in [4.78, 5) is 25.2. The predicted octanol–water partition coefficient (Wildman–Crippen LogP) is 0.812. The maximum absolute atomic E-state index is 11.8. The number of piperidine rings is 1. The first-order valence-corrected chi connectivity index (χ1v) is 6.10. The van der Waals surface area contributed by atoms with E-state index in [1.807, 2.05) is 20.8 Å². The van der Waals surface area contributed by atoms with Crippen molar-refractivity contribution in [3.05, 3.63) is 0 Å².